The molecule has 7 nitrogen and oxygen atoms in total. The molecule has 0 radical (unpaired) electrons. The minimum Gasteiger partial charge on any atom is -0.396 e. The standard InChI is InChI=1S/C19H30N4O3/c1-14-7-15(2)23(19(26)20-14)12-18(25)22-10-16(8-17(11-22)13-24)9-21-5-3-4-6-21/h7,16-17,24H,3-6,8-13H2,1-2H3/t16-,17-/m0/s1. The molecule has 0 bridgehead atoms. The van der Waals surface area contributed by atoms with E-state index in [9.17, 15) is 14.7 Å². The van der Waals surface area contributed by atoms with Gasteiger partial charge in [-0.15, -0.1) is 0 Å². The quantitative estimate of drug-likeness (QED) is 0.821. The Bertz CT molecular complexity index is 697. The molecule has 26 heavy (non-hydrogen) atoms. The van der Waals surface area contributed by atoms with Gasteiger partial charge in [0.15, 0.2) is 0 Å². The van der Waals surface area contributed by atoms with Crippen molar-refractivity contribution in [3.05, 3.63) is 27.9 Å². The van der Waals surface area contributed by atoms with Gasteiger partial charge in [-0.05, 0) is 64.1 Å². The molecule has 3 heterocycles. The maximum Gasteiger partial charge on any atom is 0.348 e. The number of amides is 1. The summed E-state index contributed by atoms with van der Waals surface area (Å²) in [6.45, 7) is 8.27. The van der Waals surface area contributed by atoms with Gasteiger partial charge in [0, 0.05) is 37.6 Å². The summed E-state index contributed by atoms with van der Waals surface area (Å²) >= 11 is 0. The first-order chi connectivity index (χ1) is 12.5. The highest BCUT2D eigenvalue weighted by Crippen LogP contribution is 2.24. The van der Waals surface area contributed by atoms with Crippen LogP contribution in [0.5, 0.6) is 0 Å². The highest BCUT2D eigenvalue weighted by molar-refractivity contribution is 5.76. The summed E-state index contributed by atoms with van der Waals surface area (Å²) < 4.78 is 1.44. The van der Waals surface area contributed by atoms with E-state index in [-0.39, 0.29) is 30.7 Å². The van der Waals surface area contributed by atoms with Gasteiger partial charge in [-0.25, -0.2) is 4.79 Å². The van der Waals surface area contributed by atoms with Crippen LogP contribution in [0.1, 0.15) is 30.7 Å². The Balaban J connectivity index is 1.68. The number of aryl methyl sites for hydroxylation is 2. The maximum absolute atomic E-state index is 12.8. The molecule has 7 heteroatoms. The van der Waals surface area contributed by atoms with E-state index < -0.39 is 0 Å². The third-order valence-corrected chi connectivity index (χ3v) is 5.59. The highest BCUT2D eigenvalue weighted by atomic mass is 16.3. The molecule has 2 saturated heterocycles. The van der Waals surface area contributed by atoms with E-state index in [1.165, 1.54) is 17.4 Å². The van der Waals surface area contributed by atoms with Gasteiger partial charge < -0.3 is 14.9 Å². The molecule has 1 aromatic heterocycles. The fraction of sp³-hybridized carbons (Fsp3) is 0.737. The molecular formula is C19H30N4O3. The molecular weight excluding hydrogens is 332 g/mol. The molecule has 0 unspecified atom stereocenters. The zero-order valence-electron chi connectivity index (χ0n) is 15.9. The average Bonchev–Trinajstić information content (AvgIpc) is 3.10. The SMILES string of the molecule is Cc1cc(C)n(CC(=O)N2C[C@@H](CO)C[C@@H](CN3CCCC3)C2)c(=O)n1. The van der Waals surface area contributed by atoms with Crippen molar-refractivity contribution in [2.75, 3.05) is 39.3 Å². The van der Waals surface area contributed by atoms with Crippen LogP contribution in [0.2, 0.25) is 0 Å². The van der Waals surface area contributed by atoms with Crippen molar-refractivity contribution < 1.29 is 9.90 Å². The van der Waals surface area contributed by atoms with Crippen LogP contribution in [-0.2, 0) is 11.3 Å². The zero-order chi connectivity index (χ0) is 18.7. The molecule has 0 saturated carbocycles. The summed E-state index contributed by atoms with van der Waals surface area (Å²) in [4.78, 5) is 33.2. The summed E-state index contributed by atoms with van der Waals surface area (Å²) in [5, 5.41) is 9.66. The monoisotopic (exact) mass is 362 g/mol. The minimum atomic E-state index is -0.375. The fourth-order valence-corrected chi connectivity index (χ4v) is 4.32. The lowest BCUT2D eigenvalue weighted by Gasteiger charge is -2.38. The average molecular weight is 362 g/mol. The minimum absolute atomic E-state index is 0.0204. The summed E-state index contributed by atoms with van der Waals surface area (Å²) in [5.74, 6) is 0.441. The van der Waals surface area contributed by atoms with E-state index in [4.69, 9.17) is 0 Å². The third kappa shape index (κ3) is 4.51. The number of aromatic nitrogens is 2. The number of carbonyl (C=O) groups is 1. The largest absolute Gasteiger partial charge is 0.396 e. The summed E-state index contributed by atoms with van der Waals surface area (Å²) in [6.07, 6.45) is 3.46. The van der Waals surface area contributed by atoms with Crippen molar-refractivity contribution in [2.45, 2.75) is 39.7 Å². The van der Waals surface area contributed by atoms with Crippen LogP contribution in [0.3, 0.4) is 0 Å². The second kappa shape index (κ2) is 8.31. The van der Waals surface area contributed by atoms with E-state index in [1.54, 1.807) is 6.92 Å². The molecule has 1 aromatic rings. The van der Waals surface area contributed by atoms with Crippen molar-refractivity contribution in [2.24, 2.45) is 11.8 Å². The molecule has 2 atom stereocenters. The second-order valence-electron chi connectivity index (χ2n) is 7.86. The van der Waals surface area contributed by atoms with Gasteiger partial charge in [-0.1, -0.05) is 0 Å². The van der Waals surface area contributed by atoms with Gasteiger partial charge in [-0.3, -0.25) is 9.36 Å². The van der Waals surface area contributed by atoms with E-state index in [0.717, 1.165) is 31.7 Å². The Morgan fingerprint density at radius 3 is 2.58 bits per heavy atom. The Kier molecular flexibility index (Phi) is 6.09. The van der Waals surface area contributed by atoms with Crippen LogP contribution in [-0.4, -0.2) is 69.7 Å². The number of rotatable bonds is 5. The number of aliphatic hydroxyl groups is 1. The Morgan fingerprint density at radius 1 is 1.23 bits per heavy atom. The van der Waals surface area contributed by atoms with Crippen LogP contribution < -0.4 is 5.69 Å². The lowest BCUT2D eigenvalue weighted by molar-refractivity contribution is -0.135. The van der Waals surface area contributed by atoms with Gasteiger partial charge in [0.05, 0.1) is 0 Å². The first kappa shape index (κ1) is 19.0. The van der Waals surface area contributed by atoms with E-state index >= 15 is 0 Å². The van der Waals surface area contributed by atoms with E-state index in [2.05, 4.69) is 9.88 Å². The molecule has 0 aliphatic carbocycles. The Hall–Kier alpha value is -1.73. The third-order valence-electron chi connectivity index (χ3n) is 5.59. The molecule has 1 amide bonds. The molecule has 144 valence electrons. The van der Waals surface area contributed by atoms with Crippen LogP contribution >= 0.6 is 0 Å². The molecule has 3 rings (SSSR count). The number of likely N-dealkylation sites (tertiary alicyclic amines) is 2. The first-order valence-electron chi connectivity index (χ1n) is 9.62. The molecule has 2 aliphatic heterocycles. The van der Waals surface area contributed by atoms with Crippen molar-refractivity contribution >= 4 is 5.91 Å². The highest BCUT2D eigenvalue weighted by Gasteiger charge is 2.31. The smallest absolute Gasteiger partial charge is 0.348 e. The van der Waals surface area contributed by atoms with Crippen LogP contribution in [0.25, 0.3) is 0 Å². The summed E-state index contributed by atoms with van der Waals surface area (Å²) in [6, 6.07) is 1.82. The fourth-order valence-electron chi connectivity index (χ4n) is 4.32. The Morgan fingerprint density at radius 2 is 1.92 bits per heavy atom. The zero-order valence-corrected chi connectivity index (χ0v) is 15.9. The second-order valence-corrected chi connectivity index (χ2v) is 7.86. The number of hydrogen-bond acceptors (Lipinski definition) is 5. The topological polar surface area (TPSA) is 78.7 Å². The molecule has 0 aromatic carbocycles. The normalized spacial score (nSPS) is 24.2. The predicted octanol–water partition coefficient (Wildman–Crippen LogP) is 0.413. The lowest BCUT2D eigenvalue weighted by Crippen LogP contribution is -2.49. The maximum atomic E-state index is 12.8. The molecule has 2 aliphatic rings. The number of carbonyl (C=O) groups excluding carboxylic acids is 1. The van der Waals surface area contributed by atoms with E-state index in [1.807, 2.05) is 17.9 Å². The number of nitrogens with zero attached hydrogens (tertiary/aromatic N) is 4. The van der Waals surface area contributed by atoms with Crippen molar-refractivity contribution in [3.8, 4) is 0 Å². The molecule has 0 spiro atoms. The van der Waals surface area contributed by atoms with Crippen LogP contribution in [0.4, 0.5) is 0 Å². The van der Waals surface area contributed by atoms with Gasteiger partial charge in [0.25, 0.3) is 0 Å². The first-order valence-corrected chi connectivity index (χ1v) is 9.62. The number of hydrogen-bond donors (Lipinski definition) is 1. The number of piperidine rings is 1. The van der Waals surface area contributed by atoms with Crippen molar-refractivity contribution in [3.63, 3.8) is 0 Å². The van der Waals surface area contributed by atoms with Crippen LogP contribution in [0, 0.1) is 25.7 Å². The van der Waals surface area contributed by atoms with Gasteiger partial charge in [0.1, 0.15) is 6.54 Å². The van der Waals surface area contributed by atoms with Gasteiger partial charge >= 0.3 is 5.69 Å². The molecule has 1 N–H and O–H groups in total. The van der Waals surface area contributed by atoms with Crippen LogP contribution in [0.15, 0.2) is 10.9 Å². The summed E-state index contributed by atoms with van der Waals surface area (Å²) in [5.41, 5.74) is 1.04. The Labute approximate surface area is 154 Å². The predicted molar refractivity (Wildman–Crippen MR) is 98.9 cm³/mol. The van der Waals surface area contributed by atoms with Gasteiger partial charge in [-0.2, -0.15) is 4.98 Å². The van der Waals surface area contributed by atoms with Crippen molar-refractivity contribution in [1.82, 2.24) is 19.4 Å². The molecule has 2 fully saturated rings. The summed E-state index contributed by atoms with van der Waals surface area (Å²) in [7, 11) is 0. The van der Waals surface area contributed by atoms with Gasteiger partial charge in [0.2, 0.25) is 5.91 Å². The van der Waals surface area contributed by atoms with Crippen molar-refractivity contribution in [1.29, 1.82) is 0 Å². The van der Waals surface area contributed by atoms with E-state index in [0.29, 0.717) is 24.7 Å². The number of aliphatic hydroxyl groups excluding tert-OH is 1. The lowest BCUT2D eigenvalue weighted by atomic mass is 9.89.